The summed E-state index contributed by atoms with van der Waals surface area (Å²) in [4.78, 5) is 0. The lowest BCUT2D eigenvalue weighted by atomic mass is 9.94. The van der Waals surface area contributed by atoms with Crippen molar-refractivity contribution in [3.05, 3.63) is 0 Å². The van der Waals surface area contributed by atoms with Crippen LogP contribution in [-0.4, -0.2) is 22.1 Å². The number of rotatable bonds is 11. The number of oxime groups is 1. The van der Waals surface area contributed by atoms with Gasteiger partial charge in [-0.1, -0.05) is 70.4 Å². The van der Waals surface area contributed by atoms with E-state index in [2.05, 4.69) is 12.1 Å². The topological polar surface area (TPSA) is 52.8 Å². The van der Waals surface area contributed by atoms with Gasteiger partial charge in [0.25, 0.3) is 0 Å². The fraction of sp³-hybridized carbons (Fsp3) is 0.929. The van der Waals surface area contributed by atoms with Gasteiger partial charge in [-0.25, -0.2) is 0 Å². The van der Waals surface area contributed by atoms with Crippen LogP contribution in [0, 0.1) is 0 Å². The van der Waals surface area contributed by atoms with Gasteiger partial charge in [0.15, 0.2) is 0 Å². The molecule has 0 aliphatic rings. The Hall–Kier alpha value is -0.570. The molecule has 3 nitrogen and oxygen atoms in total. The van der Waals surface area contributed by atoms with Crippen LogP contribution < -0.4 is 0 Å². The standard InChI is InChI=1S/C14H29NO2/c1-3-5-6-7-8-9-10-11-12-14(16,4-2)13-15-17/h13,16-17H,3-12H2,1-2H3. The lowest BCUT2D eigenvalue weighted by molar-refractivity contribution is 0.0963. The molecule has 0 saturated carbocycles. The maximum Gasteiger partial charge on any atom is 0.103 e. The molecular weight excluding hydrogens is 214 g/mol. The zero-order valence-electron chi connectivity index (χ0n) is 11.5. The smallest absolute Gasteiger partial charge is 0.103 e. The van der Waals surface area contributed by atoms with Crippen molar-refractivity contribution < 1.29 is 10.3 Å². The lowest BCUT2D eigenvalue weighted by Gasteiger charge is -2.20. The Kier molecular flexibility index (Phi) is 10.2. The van der Waals surface area contributed by atoms with E-state index in [1.54, 1.807) is 0 Å². The summed E-state index contributed by atoms with van der Waals surface area (Å²) in [6.07, 6.45) is 12.6. The second-order valence-electron chi connectivity index (χ2n) is 4.93. The first kappa shape index (κ1) is 16.4. The Morgan fingerprint density at radius 2 is 1.47 bits per heavy atom. The summed E-state index contributed by atoms with van der Waals surface area (Å²) < 4.78 is 0. The van der Waals surface area contributed by atoms with Gasteiger partial charge in [0.1, 0.15) is 5.60 Å². The third-order valence-corrected chi connectivity index (χ3v) is 3.37. The Balaban J connectivity index is 3.43. The second kappa shape index (κ2) is 10.6. The van der Waals surface area contributed by atoms with Crippen LogP contribution in [0.1, 0.15) is 78.1 Å². The molecule has 102 valence electrons. The summed E-state index contributed by atoms with van der Waals surface area (Å²) in [5, 5.41) is 21.4. The highest BCUT2D eigenvalue weighted by molar-refractivity contribution is 5.67. The highest BCUT2D eigenvalue weighted by atomic mass is 16.4. The molecule has 17 heavy (non-hydrogen) atoms. The van der Waals surface area contributed by atoms with E-state index in [0.717, 1.165) is 12.8 Å². The van der Waals surface area contributed by atoms with Crippen molar-refractivity contribution in [1.82, 2.24) is 0 Å². The highest BCUT2D eigenvalue weighted by Gasteiger charge is 2.21. The predicted molar refractivity (Wildman–Crippen MR) is 72.7 cm³/mol. The van der Waals surface area contributed by atoms with Crippen LogP contribution in [-0.2, 0) is 0 Å². The molecule has 0 saturated heterocycles. The molecule has 0 bridgehead atoms. The lowest BCUT2D eigenvalue weighted by Crippen LogP contribution is -2.29. The normalized spacial score (nSPS) is 15.2. The van der Waals surface area contributed by atoms with Crippen LogP contribution in [0.3, 0.4) is 0 Å². The molecule has 1 atom stereocenters. The Labute approximate surface area is 106 Å². The number of hydrogen-bond acceptors (Lipinski definition) is 3. The highest BCUT2D eigenvalue weighted by Crippen LogP contribution is 2.18. The summed E-state index contributed by atoms with van der Waals surface area (Å²) in [7, 11) is 0. The first-order valence-corrected chi connectivity index (χ1v) is 7.09. The van der Waals surface area contributed by atoms with Gasteiger partial charge in [-0.15, -0.1) is 0 Å². The molecule has 0 rings (SSSR count). The van der Waals surface area contributed by atoms with Crippen molar-refractivity contribution in [3.8, 4) is 0 Å². The van der Waals surface area contributed by atoms with Gasteiger partial charge in [0.05, 0.1) is 6.21 Å². The van der Waals surface area contributed by atoms with Gasteiger partial charge in [-0.3, -0.25) is 0 Å². The minimum Gasteiger partial charge on any atom is -0.411 e. The van der Waals surface area contributed by atoms with E-state index in [-0.39, 0.29) is 0 Å². The van der Waals surface area contributed by atoms with Crippen LogP contribution in [0.4, 0.5) is 0 Å². The number of unbranched alkanes of at least 4 members (excludes halogenated alkanes) is 7. The Bertz CT molecular complexity index is 195. The Morgan fingerprint density at radius 3 is 1.94 bits per heavy atom. The Morgan fingerprint density at radius 1 is 0.941 bits per heavy atom. The molecule has 1 unspecified atom stereocenters. The van der Waals surface area contributed by atoms with E-state index in [4.69, 9.17) is 5.21 Å². The van der Waals surface area contributed by atoms with Crippen molar-refractivity contribution in [3.63, 3.8) is 0 Å². The zero-order chi connectivity index (χ0) is 13.0. The van der Waals surface area contributed by atoms with Crippen LogP contribution in [0.2, 0.25) is 0 Å². The quantitative estimate of drug-likeness (QED) is 0.248. The van der Waals surface area contributed by atoms with Gasteiger partial charge in [-0.2, -0.15) is 0 Å². The SMILES string of the molecule is CCCCCCCCCCC(O)(C=NO)CC. The van der Waals surface area contributed by atoms with Crippen LogP contribution in [0.15, 0.2) is 5.16 Å². The summed E-state index contributed by atoms with van der Waals surface area (Å²) in [5.41, 5.74) is -0.906. The van der Waals surface area contributed by atoms with E-state index in [0.29, 0.717) is 12.8 Å². The first-order chi connectivity index (χ1) is 8.18. The molecule has 0 heterocycles. The van der Waals surface area contributed by atoms with Crippen LogP contribution >= 0.6 is 0 Å². The molecule has 0 aliphatic heterocycles. The average Bonchev–Trinajstić information content (AvgIpc) is 2.33. The summed E-state index contributed by atoms with van der Waals surface area (Å²) in [5.74, 6) is 0. The molecular formula is C14H29NO2. The average molecular weight is 243 g/mol. The molecule has 0 aromatic heterocycles. The molecule has 0 fully saturated rings. The number of hydrogen-bond donors (Lipinski definition) is 2. The predicted octanol–water partition coefficient (Wildman–Crippen LogP) is 4.12. The van der Waals surface area contributed by atoms with Crippen molar-refractivity contribution in [2.24, 2.45) is 5.16 Å². The second-order valence-corrected chi connectivity index (χ2v) is 4.93. The van der Waals surface area contributed by atoms with Crippen molar-refractivity contribution in [2.75, 3.05) is 0 Å². The third kappa shape index (κ3) is 9.16. The number of nitrogens with zero attached hydrogens (tertiary/aromatic N) is 1. The summed E-state index contributed by atoms with van der Waals surface area (Å²) >= 11 is 0. The fourth-order valence-electron chi connectivity index (χ4n) is 2.01. The maximum absolute atomic E-state index is 9.98. The minimum atomic E-state index is -0.906. The largest absolute Gasteiger partial charge is 0.411 e. The summed E-state index contributed by atoms with van der Waals surface area (Å²) in [6.45, 7) is 4.14. The van der Waals surface area contributed by atoms with Gasteiger partial charge in [0.2, 0.25) is 0 Å². The minimum absolute atomic E-state index is 0.605. The fourth-order valence-corrected chi connectivity index (χ4v) is 2.01. The molecule has 0 aliphatic carbocycles. The molecule has 2 N–H and O–H groups in total. The van der Waals surface area contributed by atoms with Crippen molar-refractivity contribution in [2.45, 2.75) is 83.7 Å². The molecule has 3 heteroatoms. The van der Waals surface area contributed by atoms with Gasteiger partial charge in [0, 0.05) is 0 Å². The van der Waals surface area contributed by atoms with E-state index < -0.39 is 5.60 Å². The van der Waals surface area contributed by atoms with Crippen molar-refractivity contribution in [1.29, 1.82) is 0 Å². The van der Waals surface area contributed by atoms with E-state index in [1.807, 2.05) is 6.92 Å². The zero-order valence-corrected chi connectivity index (χ0v) is 11.5. The van der Waals surface area contributed by atoms with Crippen LogP contribution in [0.25, 0.3) is 0 Å². The molecule has 0 aromatic rings. The van der Waals surface area contributed by atoms with Gasteiger partial charge >= 0.3 is 0 Å². The first-order valence-electron chi connectivity index (χ1n) is 7.09. The van der Waals surface area contributed by atoms with Crippen LogP contribution in [0.5, 0.6) is 0 Å². The molecule has 0 radical (unpaired) electrons. The van der Waals surface area contributed by atoms with E-state index in [9.17, 15) is 5.11 Å². The monoisotopic (exact) mass is 243 g/mol. The molecule has 0 spiro atoms. The molecule has 0 amide bonds. The number of aliphatic hydroxyl groups is 1. The van der Waals surface area contributed by atoms with E-state index in [1.165, 1.54) is 44.7 Å². The van der Waals surface area contributed by atoms with Gasteiger partial charge in [-0.05, 0) is 12.8 Å². The maximum atomic E-state index is 9.98. The molecule has 0 aromatic carbocycles. The van der Waals surface area contributed by atoms with E-state index >= 15 is 0 Å². The van der Waals surface area contributed by atoms with Gasteiger partial charge < -0.3 is 10.3 Å². The van der Waals surface area contributed by atoms with Crippen molar-refractivity contribution >= 4 is 6.21 Å². The third-order valence-electron chi connectivity index (χ3n) is 3.37. The summed E-state index contributed by atoms with van der Waals surface area (Å²) in [6, 6.07) is 0.